The van der Waals surface area contributed by atoms with E-state index < -0.39 is 17.9 Å². The van der Waals surface area contributed by atoms with E-state index in [4.69, 9.17) is 9.47 Å². The Morgan fingerprint density at radius 1 is 1.00 bits per heavy atom. The molecule has 0 aromatic heterocycles. The number of hydrogen-bond donors (Lipinski definition) is 1. The molecule has 5 rings (SSSR count). The monoisotopic (exact) mass is 793 g/mol. The third-order valence-corrected chi connectivity index (χ3v) is 9.36. The van der Waals surface area contributed by atoms with E-state index in [-0.39, 0.29) is 34.8 Å². The Labute approximate surface area is 320 Å². The van der Waals surface area contributed by atoms with Crippen molar-refractivity contribution in [2.24, 2.45) is 4.99 Å². The number of rotatable bonds is 14. The van der Waals surface area contributed by atoms with E-state index >= 15 is 0 Å². The van der Waals surface area contributed by atoms with Crippen molar-refractivity contribution in [2.45, 2.75) is 26.5 Å². The van der Waals surface area contributed by atoms with Crippen molar-refractivity contribution in [2.75, 3.05) is 12.4 Å². The van der Waals surface area contributed by atoms with E-state index in [9.17, 15) is 18.8 Å². The van der Waals surface area contributed by atoms with Gasteiger partial charge in [-0.1, -0.05) is 109 Å². The number of thioether (sulfide) groups is 1. The van der Waals surface area contributed by atoms with Gasteiger partial charge in [0.1, 0.15) is 18.0 Å². The highest BCUT2D eigenvalue weighted by atomic mass is 79.9. The number of halogens is 2. The van der Waals surface area contributed by atoms with Crippen molar-refractivity contribution in [1.29, 1.82) is 0 Å². The molecular weight excluding hydrogens is 757 g/mol. The van der Waals surface area contributed by atoms with Gasteiger partial charge in [-0.25, -0.2) is 4.39 Å². The lowest BCUT2D eigenvalue weighted by atomic mass is 9.99. The zero-order chi connectivity index (χ0) is 37.7. The lowest BCUT2D eigenvalue weighted by Gasteiger charge is -2.28. The predicted octanol–water partition coefficient (Wildman–Crippen LogP) is 8.96. The molecular formula is C42H37BrFN3O5S. The molecule has 1 aliphatic rings. The van der Waals surface area contributed by atoms with Gasteiger partial charge in [0, 0.05) is 5.70 Å². The molecule has 1 N–H and O–H groups in total. The fraction of sp³-hybridized carbons (Fsp3) is 0.143. The first kappa shape index (κ1) is 38.7. The summed E-state index contributed by atoms with van der Waals surface area (Å²) in [5, 5.41) is 3.15. The summed E-state index contributed by atoms with van der Waals surface area (Å²) in [5.41, 5.74) is 3.16. The normalized spacial score (nSPS) is 14.1. The standard InChI is InChI=1S/C42H37BrFN3O5S/c1-4-7-21-33(5-2)47-41(50)34(23-29-24-35(43)39(36(25-29)51-6-3)52-26-28-15-14-20-32(44)22-28)40(49)46-42(47)53-27-37(48)45-38(30-16-10-8-11-17-30)31-18-12-9-13-19-31/h4-5,7-25,38H,1,6,26-27H2,2-3H3,(H,45,48)/b21-7-,33-5+,34-23+. The summed E-state index contributed by atoms with van der Waals surface area (Å²) in [6.45, 7) is 7.69. The van der Waals surface area contributed by atoms with Crippen LogP contribution in [0.5, 0.6) is 11.5 Å². The maximum absolute atomic E-state index is 14.2. The molecule has 0 saturated carbocycles. The van der Waals surface area contributed by atoms with Gasteiger partial charge in [-0.15, -0.1) is 0 Å². The predicted molar refractivity (Wildman–Crippen MR) is 212 cm³/mol. The minimum absolute atomic E-state index is 0.0577. The molecule has 0 atom stereocenters. The van der Waals surface area contributed by atoms with Crippen LogP contribution in [0.25, 0.3) is 6.08 Å². The van der Waals surface area contributed by atoms with E-state index in [1.54, 1.807) is 55.5 Å². The molecule has 0 radical (unpaired) electrons. The summed E-state index contributed by atoms with van der Waals surface area (Å²) >= 11 is 4.51. The number of amides is 3. The van der Waals surface area contributed by atoms with Gasteiger partial charge in [0.2, 0.25) is 5.91 Å². The first-order valence-corrected chi connectivity index (χ1v) is 18.5. The molecule has 53 heavy (non-hydrogen) atoms. The molecule has 0 aliphatic carbocycles. The quantitative estimate of drug-likeness (QED) is 0.0778. The maximum atomic E-state index is 14.2. The summed E-state index contributed by atoms with van der Waals surface area (Å²) in [6, 6.07) is 28.2. The second-order valence-corrected chi connectivity index (χ2v) is 13.3. The summed E-state index contributed by atoms with van der Waals surface area (Å²) in [4.78, 5) is 46.8. The molecule has 0 spiro atoms. The number of aliphatic imine (C=N–C) groups is 1. The molecule has 270 valence electrons. The van der Waals surface area contributed by atoms with Crippen LogP contribution in [0.1, 0.15) is 42.1 Å². The average Bonchev–Trinajstić information content (AvgIpc) is 3.16. The molecule has 3 amide bonds. The number of nitrogens with zero attached hydrogens (tertiary/aromatic N) is 2. The second kappa shape index (κ2) is 18.8. The Morgan fingerprint density at radius 2 is 1.70 bits per heavy atom. The van der Waals surface area contributed by atoms with Crippen molar-refractivity contribution in [1.82, 2.24) is 10.2 Å². The highest BCUT2D eigenvalue weighted by Gasteiger charge is 2.35. The van der Waals surface area contributed by atoms with Crippen molar-refractivity contribution in [3.8, 4) is 11.5 Å². The number of allylic oxidation sites excluding steroid dienone is 4. The first-order valence-electron chi connectivity index (χ1n) is 16.7. The second-order valence-electron chi connectivity index (χ2n) is 11.5. The Morgan fingerprint density at radius 3 is 2.32 bits per heavy atom. The largest absolute Gasteiger partial charge is 0.490 e. The highest BCUT2D eigenvalue weighted by Crippen LogP contribution is 2.38. The summed E-state index contributed by atoms with van der Waals surface area (Å²) in [6.07, 6.45) is 8.04. The first-order chi connectivity index (χ1) is 25.7. The van der Waals surface area contributed by atoms with Gasteiger partial charge in [-0.3, -0.25) is 19.3 Å². The minimum atomic E-state index is -0.760. The summed E-state index contributed by atoms with van der Waals surface area (Å²) < 4.78 is 26.1. The van der Waals surface area contributed by atoms with Crippen molar-refractivity contribution >= 4 is 56.7 Å². The number of nitrogens with one attached hydrogen (secondary N) is 1. The molecule has 1 aliphatic heterocycles. The van der Waals surface area contributed by atoms with E-state index in [0.29, 0.717) is 39.4 Å². The Bertz CT molecular complexity index is 2060. The number of amidine groups is 1. The summed E-state index contributed by atoms with van der Waals surface area (Å²) in [5.74, 6) is -1.45. The SMILES string of the molecule is C=C/C=C\C(=C/C)N1C(=O)/C(=C/c2cc(Br)c(OCc3cccc(F)c3)c(OCC)c2)C(=O)N=C1SCC(=O)NC(c1ccccc1)c1ccccc1. The van der Waals surface area contributed by atoms with E-state index in [1.807, 2.05) is 67.6 Å². The van der Waals surface area contributed by atoms with Gasteiger partial charge in [-0.05, 0) is 88.4 Å². The molecule has 0 bridgehead atoms. The van der Waals surface area contributed by atoms with Gasteiger partial charge in [0.05, 0.1) is 22.9 Å². The van der Waals surface area contributed by atoms with E-state index in [0.717, 1.165) is 22.9 Å². The smallest absolute Gasteiger partial charge is 0.285 e. The number of carbonyl (C=O) groups is 3. The van der Waals surface area contributed by atoms with Crippen LogP contribution in [0.2, 0.25) is 0 Å². The molecule has 4 aromatic rings. The topological polar surface area (TPSA) is 97.3 Å². The van der Waals surface area contributed by atoms with Crippen LogP contribution in [0.15, 0.2) is 149 Å². The van der Waals surface area contributed by atoms with Gasteiger partial charge >= 0.3 is 0 Å². The minimum Gasteiger partial charge on any atom is -0.490 e. The van der Waals surface area contributed by atoms with Crippen LogP contribution in [-0.4, -0.2) is 40.1 Å². The molecule has 0 fully saturated rings. The van der Waals surface area contributed by atoms with Crippen LogP contribution >= 0.6 is 27.7 Å². The number of hydrogen-bond acceptors (Lipinski definition) is 6. The Balaban J connectivity index is 1.42. The van der Waals surface area contributed by atoms with Crippen LogP contribution in [-0.2, 0) is 21.0 Å². The van der Waals surface area contributed by atoms with E-state index in [2.05, 4.69) is 32.8 Å². The van der Waals surface area contributed by atoms with Crippen molar-refractivity contribution < 1.29 is 28.2 Å². The van der Waals surface area contributed by atoms with Crippen LogP contribution in [0.3, 0.4) is 0 Å². The van der Waals surface area contributed by atoms with Gasteiger partial charge in [0.15, 0.2) is 16.7 Å². The van der Waals surface area contributed by atoms with Crippen molar-refractivity contribution in [3.63, 3.8) is 0 Å². The Hall–Kier alpha value is -5.52. The lowest BCUT2D eigenvalue weighted by molar-refractivity contribution is -0.126. The average molecular weight is 795 g/mol. The third-order valence-electron chi connectivity index (χ3n) is 7.83. The molecule has 1 heterocycles. The fourth-order valence-corrected chi connectivity index (χ4v) is 6.80. The van der Waals surface area contributed by atoms with Gasteiger partial charge in [-0.2, -0.15) is 4.99 Å². The molecule has 0 saturated heterocycles. The van der Waals surface area contributed by atoms with Crippen molar-refractivity contribution in [3.05, 3.63) is 172 Å². The summed E-state index contributed by atoms with van der Waals surface area (Å²) in [7, 11) is 0. The molecule has 8 nitrogen and oxygen atoms in total. The van der Waals surface area contributed by atoms with Crippen LogP contribution < -0.4 is 14.8 Å². The number of benzene rings is 4. The number of carbonyl (C=O) groups excluding carboxylic acids is 3. The highest BCUT2D eigenvalue weighted by molar-refractivity contribution is 9.10. The third kappa shape index (κ3) is 10.1. The zero-order valence-corrected chi connectivity index (χ0v) is 31.5. The fourth-order valence-electron chi connectivity index (χ4n) is 5.42. The maximum Gasteiger partial charge on any atom is 0.285 e. The molecule has 0 unspecified atom stereocenters. The van der Waals surface area contributed by atoms with Crippen LogP contribution in [0.4, 0.5) is 4.39 Å². The number of ether oxygens (including phenoxy) is 2. The molecule has 11 heteroatoms. The molecule has 4 aromatic carbocycles. The van der Waals surface area contributed by atoms with Gasteiger partial charge < -0.3 is 14.8 Å². The zero-order valence-electron chi connectivity index (χ0n) is 29.1. The van der Waals surface area contributed by atoms with Gasteiger partial charge in [0.25, 0.3) is 11.8 Å². The van der Waals surface area contributed by atoms with Crippen LogP contribution in [0, 0.1) is 5.82 Å². The van der Waals surface area contributed by atoms with E-state index in [1.165, 1.54) is 23.1 Å². The Kier molecular flexibility index (Phi) is 13.7. The lowest BCUT2D eigenvalue weighted by Crippen LogP contribution is -2.42.